The van der Waals surface area contributed by atoms with E-state index in [-0.39, 0.29) is 5.56 Å². The van der Waals surface area contributed by atoms with E-state index in [1.54, 1.807) is 24.3 Å². The lowest BCUT2D eigenvalue weighted by Gasteiger charge is -2.10. The molecular formula is C13H9Cl3N2OS. The molecule has 0 fully saturated rings. The fraction of sp³-hybridized carbons (Fsp3) is 0. The maximum Gasteiger partial charge on any atom is 0.249 e. The number of nitrogens with two attached hydrogens (primary N) is 2. The second-order valence-electron chi connectivity index (χ2n) is 3.92. The quantitative estimate of drug-likeness (QED) is 0.804. The number of nitrogen functional groups attached to an aromatic ring is 1. The van der Waals surface area contributed by atoms with Crippen LogP contribution in [0.15, 0.2) is 40.1 Å². The minimum Gasteiger partial charge on any atom is -0.399 e. The maximum absolute atomic E-state index is 11.5. The average Bonchev–Trinajstić information content (AvgIpc) is 2.36. The number of carbonyl (C=O) groups excluding carboxylic acids is 1. The van der Waals surface area contributed by atoms with Gasteiger partial charge in [-0.25, -0.2) is 0 Å². The van der Waals surface area contributed by atoms with Crippen LogP contribution in [0.25, 0.3) is 0 Å². The average molecular weight is 348 g/mol. The summed E-state index contributed by atoms with van der Waals surface area (Å²) in [6, 6.07) is 8.19. The first kappa shape index (κ1) is 15.3. The smallest absolute Gasteiger partial charge is 0.249 e. The van der Waals surface area contributed by atoms with Crippen molar-refractivity contribution in [2.45, 2.75) is 9.79 Å². The Hall–Kier alpha value is -1.07. The van der Waals surface area contributed by atoms with E-state index in [0.29, 0.717) is 25.7 Å². The van der Waals surface area contributed by atoms with Gasteiger partial charge in [0.05, 0.1) is 20.6 Å². The predicted octanol–water partition coefficient (Wildman–Crippen LogP) is 4.48. The number of rotatable bonds is 3. The number of hydrogen-bond acceptors (Lipinski definition) is 3. The van der Waals surface area contributed by atoms with Crippen LogP contribution in [-0.2, 0) is 0 Å². The van der Waals surface area contributed by atoms with Crippen molar-refractivity contribution in [3.63, 3.8) is 0 Å². The highest BCUT2D eigenvalue weighted by Gasteiger charge is 2.15. The first-order valence-electron chi connectivity index (χ1n) is 5.40. The zero-order valence-electron chi connectivity index (χ0n) is 9.99. The topological polar surface area (TPSA) is 69.1 Å². The molecular weight excluding hydrogens is 339 g/mol. The summed E-state index contributed by atoms with van der Waals surface area (Å²) in [5.41, 5.74) is 11.7. The Bertz CT molecular complexity index is 692. The number of hydrogen-bond donors (Lipinski definition) is 2. The van der Waals surface area contributed by atoms with Gasteiger partial charge in [0.15, 0.2) is 0 Å². The molecule has 0 bridgehead atoms. The summed E-state index contributed by atoms with van der Waals surface area (Å²) < 4.78 is 0. The van der Waals surface area contributed by atoms with Crippen LogP contribution in [0.3, 0.4) is 0 Å². The number of benzene rings is 2. The lowest BCUT2D eigenvalue weighted by atomic mass is 10.2. The van der Waals surface area contributed by atoms with Crippen molar-refractivity contribution in [2.75, 3.05) is 5.73 Å². The monoisotopic (exact) mass is 346 g/mol. The second kappa shape index (κ2) is 6.14. The van der Waals surface area contributed by atoms with Crippen molar-refractivity contribution in [3.8, 4) is 0 Å². The summed E-state index contributed by atoms with van der Waals surface area (Å²) in [5, 5.41) is 1.23. The number of primary amides is 1. The van der Waals surface area contributed by atoms with E-state index in [0.717, 1.165) is 4.90 Å². The van der Waals surface area contributed by atoms with Gasteiger partial charge in [0.25, 0.3) is 0 Å². The van der Waals surface area contributed by atoms with E-state index < -0.39 is 5.91 Å². The highest BCUT2D eigenvalue weighted by molar-refractivity contribution is 7.99. The normalized spacial score (nSPS) is 10.6. The summed E-state index contributed by atoms with van der Waals surface area (Å²) in [6.45, 7) is 0. The van der Waals surface area contributed by atoms with Crippen molar-refractivity contribution in [3.05, 3.63) is 51.0 Å². The number of amides is 1. The van der Waals surface area contributed by atoms with Crippen molar-refractivity contribution < 1.29 is 4.79 Å². The molecule has 104 valence electrons. The Morgan fingerprint density at radius 2 is 1.70 bits per heavy atom. The third kappa shape index (κ3) is 3.33. The van der Waals surface area contributed by atoms with Crippen LogP contribution < -0.4 is 11.5 Å². The third-order valence-electron chi connectivity index (χ3n) is 2.44. The minimum atomic E-state index is -0.596. The summed E-state index contributed by atoms with van der Waals surface area (Å²) in [6.07, 6.45) is 0. The van der Waals surface area contributed by atoms with Crippen molar-refractivity contribution in [1.29, 1.82) is 0 Å². The highest BCUT2D eigenvalue weighted by atomic mass is 35.5. The van der Waals surface area contributed by atoms with Crippen molar-refractivity contribution in [1.82, 2.24) is 0 Å². The molecule has 4 N–H and O–H groups in total. The molecule has 0 unspecified atom stereocenters. The molecule has 0 saturated heterocycles. The van der Waals surface area contributed by atoms with Gasteiger partial charge in [0.2, 0.25) is 5.91 Å². The molecule has 0 aliphatic rings. The van der Waals surface area contributed by atoms with Crippen LogP contribution in [0.4, 0.5) is 5.69 Å². The summed E-state index contributed by atoms with van der Waals surface area (Å²) in [4.78, 5) is 12.8. The number of anilines is 1. The second-order valence-corrected chi connectivity index (χ2v) is 6.23. The van der Waals surface area contributed by atoms with Gasteiger partial charge in [-0.15, -0.1) is 0 Å². The Morgan fingerprint density at radius 3 is 2.30 bits per heavy atom. The zero-order valence-corrected chi connectivity index (χ0v) is 13.1. The molecule has 0 aliphatic heterocycles. The highest BCUT2D eigenvalue weighted by Crippen LogP contribution is 2.39. The number of halogens is 3. The Balaban J connectivity index is 2.47. The van der Waals surface area contributed by atoms with Crippen LogP contribution >= 0.6 is 46.6 Å². The van der Waals surface area contributed by atoms with E-state index >= 15 is 0 Å². The molecule has 0 saturated carbocycles. The van der Waals surface area contributed by atoms with Gasteiger partial charge in [0, 0.05) is 15.5 Å². The Morgan fingerprint density at radius 1 is 1.00 bits per heavy atom. The van der Waals surface area contributed by atoms with Gasteiger partial charge in [-0.3, -0.25) is 4.79 Å². The molecule has 0 radical (unpaired) electrons. The molecule has 1 amide bonds. The molecule has 2 aromatic carbocycles. The zero-order chi connectivity index (χ0) is 14.9. The molecule has 0 spiro atoms. The van der Waals surface area contributed by atoms with Gasteiger partial charge >= 0.3 is 0 Å². The van der Waals surface area contributed by atoms with Crippen LogP contribution in [0.2, 0.25) is 15.1 Å². The van der Waals surface area contributed by atoms with Gasteiger partial charge in [0.1, 0.15) is 0 Å². The standard InChI is InChI=1S/C13H9Cl3N2OS/c14-9-2-1-7(5-10(9)15)20-12-8(13(18)19)3-6(17)4-11(12)16/h1-5H,17H2,(H2,18,19). The van der Waals surface area contributed by atoms with Crippen molar-refractivity contribution in [2.24, 2.45) is 5.73 Å². The molecule has 20 heavy (non-hydrogen) atoms. The minimum absolute atomic E-state index is 0.270. The Labute approximate surface area is 135 Å². The molecule has 0 atom stereocenters. The van der Waals surface area contributed by atoms with Gasteiger partial charge in [-0.05, 0) is 30.3 Å². The first-order chi connectivity index (χ1) is 9.38. The van der Waals surface area contributed by atoms with Crippen LogP contribution in [0, 0.1) is 0 Å². The molecule has 2 aromatic rings. The molecule has 2 rings (SSSR count). The molecule has 7 heteroatoms. The van der Waals surface area contributed by atoms with E-state index in [1.807, 2.05) is 0 Å². The molecule has 0 aromatic heterocycles. The van der Waals surface area contributed by atoms with Crippen LogP contribution in [-0.4, -0.2) is 5.91 Å². The molecule has 0 aliphatic carbocycles. The largest absolute Gasteiger partial charge is 0.399 e. The molecule has 3 nitrogen and oxygen atoms in total. The maximum atomic E-state index is 11.5. The lowest BCUT2D eigenvalue weighted by molar-refractivity contribution is 0.0997. The van der Waals surface area contributed by atoms with E-state index in [1.165, 1.54) is 17.8 Å². The Kier molecular flexibility index (Phi) is 4.70. The van der Waals surface area contributed by atoms with E-state index in [9.17, 15) is 4.79 Å². The predicted molar refractivity (Wildman–Crippen MR) is 85.0 cm³/mol. The third-order valence-corrected chi connectivity index (χ3v) is 4.73. The van der Waals surface area contributed by atoms with Gasteiger partial charge in [-0.1, -0.05) is 46.6 Å². The van der Waals surface area contributed by atoms with Crippen molar-refractivity contribution >= 4 is 58.2 Å². The summed E-state index contributed by atoms with van der Waals surface area (Å²) >= 11 is 19.2. The SMILES string of the molecule is NC(=O)c1cc(N)cc(Cl)c1Sc1ccc(Cl)c(Cl)c1. The van der Waals surface area contributed by atoms with Gasteiger partial charge < -0.3 is 11.5 Å². The first-order valence-corrected chi connectivity index (χ1v) is 7.35. The van der Waals surface area contributed by atoms with E-state index in [4.69, 9.17) is 46.3 Å². The summed E-state index contributed by atoms with van der Waals surface area (Å²) in [5.74, 6) is -0.596. The fourth-order valence-electron chi connectivity index (χ4n) is 1.56. The lowest BCUT2D eigenvalue weighted by Crippen LogP contribution is -2.13. The summed E-state index contributed by atoms with van der Waals surface area (Å²) in [7, 11) is 0. The van der Waals surface area contributed by atoms with Gasteiger partial charge in [-0.2, -0.15) is 0 Å². The number of carbonyl (C=O) groups is 1. The fourth-order valence-corrected chi connectivity index (χ4v) is 3.24. The van der Waals surface area contributed by atoms with E-state index in [2.05, 4.69) is 0 Å². The van der Waals surface area contributed by atoms with Crippen LogP contribution in [0.5, 0.6) is 0 Å². The van der Waals surface area contributed by atoms with Crippen LogP contribution in [0.1, 0.15) is 10.4 Å². The molecule has 0 heterocycles.